The second-order valence-electron chi connectivity index (χ2n) is 11.8. The standard InChI is InChI=1S/C35H58N2O6/c1-4-5-6-7-8-9-10-11-12-13-14-15-16-17-21-24-33(39)37(3)31(28-43-27-30-22-19-18-20-23-30)35(42)36-29(2)32(38)25-26-34(40)41/h18-20,22-23,29,31H,4-17,21,24-28H2,1-3H3,(H,36,42)(H,40,41)/t29-,31-/m1/s1. The Morgan fingerprint density at radius 2 is 1.28 bits per heavy atom. The van der Waals surface area contributed by atoms with Crippen molar-refractivity contribution in [1.29, 1.82) is 0 Å². The van der Waals surface area contributed by atoms with E-state index in [0.717, 1.165) is 24.8 Å². The fourth-order valence-electron chi connectivity index (χ4n) is 5.06. The summed E-state index contributed by atoms with van der Waals surface area (Å²) in [5.74, 6) is -2.06. The summed E-state index contributed by atoms with van der Waals surface area (Å²) < 4.78 is 5.81. The van der Waals surface area contributed by atoms with Crippen LogP contribution in [0.2, 0.25) is 0 Å². The molecule has 0 aliphatic heterocycles. The SMILES string of the molecule is CCCCCCCCCCCCCCCCCC(=O)N(C)[C@H](COCc1ccccc1)C(=O)N[C@H](C)C(=O)CCC(=O)O. The lowest BCUT2D eigenvalue weighted by molar-refractivity contribution is -0.142. The molecule has 0 heterocycles. The molecule has 43 heavy (non-hydrogen) atoms. The van der Waals surface area contributed by atoms with Crippen LogP contribution in [0.3, 0.4) is 0 Å². The van der Waals surface area contributed by atoms with E-state index in [2.05, 4.69) is 12.2 Å². The number of unbranched alkanes of at least 4 members (excludes halogenated alkanes) is 14. The van der Waals surface area contributed by atoms with Gasteiger partial charge >= 0.3 is 5.97 Å². The van der Waals surface area contributed by atoms with Crippen LogP contribution < -0.4 is 5.32 Å². The van der Waals surface area contributed by atoms with E-state index in [9.17, 15) is 19.2 Å². The van der Waals surface area contributed by atoms with Crippen molar-refractivity contribution in [2.45, 2.75) is 148 Å². The van der Waals surface area contributed by atoms with Gasteiger partial charge in [0.2, 0.25) is 11.8 Å². The summed E-state index contributed by atoms with van der Waals surface area (Å²) in [6.45, 7) is 4.06. The van der Waals surface area contributed by atoms with Crippen molar-refractivity contribution in [2.24, 2.45) is 0 Å². The normalized spacial score (nSPS) is 12.4. The third-order valence-corrected chi connectivity index (χ3v) is 7.97. The number of carbonyl (C=O) groups excluding carboxylic acids is 3. The Morgan fingerprint density at radius 3 is 1.79 bits per heavy atom. The van der Waals surface area contributed by atoms with Gasteiger partial charge in [-0.3, -0.25) is 19.2 Å². The molecule has 0 radical (unpaired) electrons. The Hall–Kier alpha value is -2.74. The summed E-state index contributed by atoms with van der Waals surface area (Å²) in [5.41, 5.74) is 0.950. The number of nitrogens with zero attached hydrogens (tertiary/aromatic N) is 1. The van der Waals surface area contributed by atoms with Crippen molar-refractivity contribution in [2.75, 3.05) is 13.7 Å². The highest BCUT2D eigenvalue weighted by Gasteiger charge is 2.29. The molecule has 1 aromatic rings. The molecule has 0 aromatic heterocycles. The molecule has 1 aromatic carbocycles. The number of carboxylic acids is 1. The van der Waals surface area contributed by atoms with Gasteiger partial charge in [0.1, 0.15) is 6.04 Å². The van der Waals surface area contributed by atoms with Crippen molar-refractivity contribution >= 4 is 23.6 Å². The number of carboxylic acid groups (broad SMARTS) is 1. The van der Waals surface area contributed by atoms with Crippen LogP contribution in [0, 0.1) is 0 Å². The van der Waals surface area contributed by atoms with Gasteiger partial charge in [-0.2, -0.15) is 0 Å². The Labute approximate surface area is 260 Å². The maximum Gasteiger partial charge on any atom is 0.303 e. The zero-order chi connectivity index (χ0) is 31.7. The summed E-state index contributed by atoms with van der Waals surface area (Å²) in [4.78, 5) is 50.7. The summed E-state index contributed by atoms with van der Waals surface area (Å²) in [6.07, 6.45) is 18.7. The summed E-state index contributed by atoms with van der Waals surface area (Å²) in [7, 11) is 1.60. The predicted octanol–water partition coefficient (Wildman–Crippen LogP) is 7.23. The molecule has 8 nitrogen and oxygen atoms in total. The van der Waals surface area contributed by atoms with Crippen LogP contribution in [-0.2, 0) is 30.5 Å². The lowest BCUT2D eigenvalue weighted by atomic mass is 10.0. The Morgan fingerprint density at radius 1 is 0.767 bits per heavy atom. The molecule has 0 bridgehead atoms. The maximum atomic E-state index is 13.1. The van der Waals surface area contributed by atoms with Gasteiger partial charge in [0.15, 0.2) is 5.78 Å². The van der Waals surface area contributed by atoms with Gasteiger partial charge < -0.3 is 20.1 Å². The lowest BCUT2D eigenvalue weighted by Crippen LogP contribution is -2.53. The van der Waals surface area contributed by atoms with Crippen LogP contribution in [0.15, 0.2) is 30.3 Å². The van der Waals surface area contributed by atoms with Gasteiger partial charge in [-0.25, -0.2) is 0 Å². The van der Waals surface area contributed by atoms with E-state index in [0.29, 0.717) is 13.0 Å². The number of hydrogen-bond acceptors (Lipinski definition) is 5. The average molecular weight is 603 g/mol. The van der Waals surface area contributed by atoms with Gasteiger partial charge in [-0.15, -0.1) is 0 Å². The first-order chi connectivity index (χ1) is 20.8. The smallest absolute Gasteiger partial charge is 0.303 e. The molecule has 0 aliphatic carbocycles. The molecule has 1 rings (SSSR count). The zero-order valence-electron chi connectivity index (χ0n) is 27.1. The number of nitrogens with one attached hydrogen (secondary N) is 1. The zero-order valence-corrected chi connectivity index (χ0v) is 27.1. The van der Waals surface area contributed by atoms with Crippen molar-refractivity contribution in [3.05, 3.63) is 35.9 Å². The number of likely N-dealkylation sites (N-methyl/N-ethyl adjacent to an activating group) is 1. The third kappa shape index (κ3) is 19.2. The van der Waals surface area contributed by atoms with E-state index < -0.39 is 24.0 Å². The number of ketones is 1. The summed E-state index contributed by atoms with van der Waals surface area (Å²) in [5, 5.41) is 11.5. The van der Waals surface area contributed by atoms with E-state index in [1.54, 1.807) is 7.05 Å². The minimum atomic E-state index is -1.07. The highest BCUT2D eigenvalue weighted by molar-refractivity contribution is 5.93. The molecule has 0 fully saturated rings. The number of aliphatic carboxylic acids is 1. The van der Waals surface area contributed by atoms with Crippen molar-refractivity contribution in [1.82, 2.24) is 10.2 Å². The second-order valence-corrected chi connectivity index (χ2v) is 11.8. The van der Waals surface area contributed by atoms with Gasteiger partial charge in [-0.05, 0) is 18.9 Å². The van der Waals surface area contributed by atoms with Gasteiger partial charge in [-0.1, -0.05) is 127 Å². The highest BCUT2D eigenvalue weighted by atomic mass is 16.5. The van der Waals surface area contributed by atoms with Crippen LogP contribution in [0.1, 0.15) is 135 Å². The monoisotopic (exact) mass is 602 g/mol. The number of rotatable bonds is 27. The van der Waals surface area contributed by atoms with Crippen LogP contribution in [0.5, 0.6) is 0 Å². The molecule has 0 aliphatic rings. The molecule has 2 N–H and O–H groups in total. The van der Waals surface area contributed by atoms with Crippen molar-refractivity contribution in [3.8, 4) is 0 Å². The number of ether oxygens (including phenoxy) is 1. The van der Waals surface area contributed by atoms with E-state index in [-0.39, 0.29) is 31.1 Å². The van der Waals surface area contributed by atoms with Crippen LogP contribution in [-0.4, -0.2) is 59.3 Å². The Balaban J connectivity index is 2.40. The third-order valence-electron chi connectivity index (χ3n) is 7.97. The summed E-state index contributed by atoms with van der Waals surface area (Å²) in [6, 6.07) is 7.80. The van der Waals surface area contributed by atoms with E-state index in [4.69, 9.17) is 9.84 Å². The van der Waals surface area contributed by atoms with Gasteiger partial charge in [0.05, 0.1) is 25.7 Å². The molecule has 0 spiro atoms. The molecule has 0 saturated carbocycles. The minimum Gasteiger partial charge on any atom is -0.481 e. The Kier molecular flexibility index (Phi) is 22.0. The first-order valence-electron chi connectivity index (χ1n) is 16.7. The molecule has 2 amide bonds. The fourth-order valence-corrected chi connectivity index (χ4v) is 5.06. The number of hydrogen-bond donors (Lipinski definition) is 2. The van der Waals surface area contributed by atoms with Crippen LogP contribution in [0.25, 0.3) is 0 Å². The minimum absolute atomic E-state index is 0.0160. The quantitative estimate of drug-likeness (QED) is 0.103. The topological polar surface area (TPSA) is 113 Å². The molecule has 2 atom stereocenters. The molecule has 0 unspecified atom stereocenters. The summed E-state index contributed by atoms with van der Waals surface area (Å²) >= 11 is 0. The molecule has 0 saturated heterocycles. The molecule has 244 valence electrons. The molecular formula is C35H58N2O6. The van der Waals surface area contributed by atoms with E-state index in [1.165, 1.54) is 88.9 Å². The molecule has 8 heteroatoms. The first kappa shape index (κ1) is 38.3. The highest BCUT2D eigenvalue weighted by Crippen LogP contribution is 2.15. The van der Waals surface area contributed by atoms with E-state index in [1.807, 2.05) is 30.3 Å². The number of Topliss-reactive ketones (excluding diaryl/α,β-unsaturated/α-hetero) is 1. The van der Waals surface area contributed by atoms with Crippen molar-refractivity contribution in [3.63, 3.8) is 0 Å². The van der Waals surface area contributed by atoms with Crippen LogP contribution in [0.4, 0.5) is 0 Å². The lowest BCUT2D eigenvalue weighted by Gasteiger charge is -2.28. The first-order valence-corrected chi connectivity index (χ1v) is 16.7. The maximum absolute atomic E-state index is 13.1. The number of carbonyl (C=O) groups is 4. The van der Waals surface area contributed by atoms with Gasteiger partial charge in [0.25, 0.3) is 0 Å². The molecular weight excluding hydrogens is 544 g/mol. The number of benzene rings is 1. The van der Waals surface area contributed by atoms with Crippen LogP contribution >= 0.6 is 0 Å². The fraction of sp³-hybridized carbons (Fsp3) is 0.714. The number of amides is 2. The Bertz CT molecular complexity index is 907. The predicted molar refractivity (Wildman–Crippen MR) is 172 cm³/mol. The van der Waals surface area contributed by atoms with Gasteiger partial charge in [0, 0.05) is 19.9 Å². The average Bonchev–Trinajstić information content (AvgIpc) is 2.99. The van der Waals surface area contributed by atoms with Crippen molar-refractivity contribution < 1.29 is 29.0 Å². The second kappa shape index (κ2) is 24.7. The van der Waals surface area contributed by atoms with E-state index >= 15 is 0 Å². The largest absolute Gasteiger partial charge is 0.481 e.